The Morgan fingerprint density at radius 1 is 1.00 bits per heavy atom. The fourth-order valence-electron chi connectivity index (χ4n) is 5.02. The number of hydrogen-bond donors (Lipinski definition) is 4. The van der Waals surface area contributed by atoms with Crippen LogP contribution in [0.5, 0.6) is 11.5 Å². The fraction of sp³-hybridized carbons (Fsp3) is 0.259. The zero-order chi connectivity index (χ0) is 26.1. The van der Waals surface area contributed by atoms with Crippen molar-refractivity contribution in [2.45, 2.75) is 12.2 Å². The molecule has 2 saturated heterocycles. The number of aliphatic imine (C=N–C) groups is 1. The number of amides is 2. The summed E-state index contributed by atoms with van der Waals surface area (Å²) in [6.45, 7) is 0.376. The van der Waals surface area contributed by atoms with Crippen molar-refractivity contribution in [1.82, 2.24) is 10.2 Å². The minimum absolute atomic E-state index is 0.153. The van der Waals surface area contributed by atoms with Gasteiger partial charge in [-0.25, -0.2) is 0 Å². The van der Waals surface area contributed by atoms with Crippen LogP contribution in [0.3, 0.4) is 0 Å². The van der Waals surface area contributed by atoms with Crippen LogP contribution < -0.4 is 21.5 Å². The van der Waals surface area contributed by atoms with E-state index in [1.807, 2.05) is 42.5 Å². The Morgan fingerprint density at radius 2 is 1.59 bits per heavy atom. The van der Waals surface area contributed by atoms with Gasteiger partial charge in [0.1, 0.15) is 23.2 Å². The Labute approximate surface area is 214 Å². The molecule has 10 nitrogen and oxygen atoms in total. The van der Waals surface area contributed by atoms with E-state index in [-0.39, 0.29) is 54.2 Å². The molecule has 3 aliphatic rings. The van der Waals surface area contributed by atoms with E-state index in [1.54, 1.807) is 31.3 Å². The number of para-hydroxylation sites is 1. The lowest BCUT2D eigenvalue weighted by atomic mass is 9.85. The number of imide groups is 1. The van der Waals surface area contributed by atoms with E-state index in [4.69, 9.17) is 26.4 Å². The first-order valence-corrected chi connectivity index (χ1v) is 12.0. The molecule has 3 heterocycles. The van der Waals surface area contributed by atoms with E-state index in [9.17, 15) is 9.59 Å². The molecule has 2 amide bonds. The van der Waals surface area contributed by atoms with Crippen molar-refractivity contribution < 1.29 is 19.1 Å². The molecule has 0 saturated carbocycles. The number of likely N-dealkylation sites (tertiary alicyclic amines) is 1. The smallest absolute Gasteiger partial charge is 0.236 e. The molecule has 2 bridgehead atoms. The Morgan fingerprint density at radius 3 is 2.16 bits per heavy atom. The summed E-state index contributed by atoms with van der Waals surface area (Å²) in [6.07, 6.45) is 3.06. The number of nitrogens with zero attached hydrogens (tertiary/aromatic N) is 2. The molecule has 2 aromatic rings. The Bertz CT molecular complexity index is 1290. The number of carbonyl (C=O) groups excluding carboxylic acids is 2. The number of hydrogen-bond acceptors (Lipinski definition) is 7. The summed E-state index contributed by atoms with van der Waals surface area (Å²) < 4.78 is 11.5. The Balaban J connectivity index is 1.26. The molecule has 0 radical (unpaired) electrons. The molecule has 10 heteroatoms. The first-order chi connectivity index (χ1) is 17.9. The van der Waals surface area contributed by atoms with E-state index in [2.05, 4.69) is 10.3 Å². The van der Waals surface area contributed by atoms with Gasteiger partial charge in [0.05, 0.1) is 35.3 Å². The van der Waals surface area contributed by atoms with Gasteiger partial charge in [-0.05, 0) is 42.0 Å². The van der Waals surface area contributed by atoms with Gasteiger partial charge in [0.25, 0.3) is 0 Å². The molecule has 5 rings (SSSR count). The molecule has 37 heavy (non-hydrogen) atoms. The number of ether oxygens (including phenoxy) is 2. The summed E-state index contributed by atoms with van der Waals surface area (Å²) in [5.41, 5.74) is 13.4. The van der Waals surface area contributed by atoms with Gasteiger partial charge in [-0.2, -0.15) is 0 Å². The lowest BCUT2D eigenvalue weighted by Gasteiger charge is -2.20. The number of rotatable bonds is 8. The van der Waals surface area contributed by atoms with Crippen LogP contribution in [-0.4, -0.2) is 60.7 Å². The van der Waals surface area contributed by atoms with E-state index in [0.29, 0.717) is 22.9 Å². The van der Waals surface area contributed by atoms with Crippen molar-refractivity contribution >= 4 is 29.2 Å². The van der Waals surface area contributed by atoms with Crippen LogP contribution >= 0.6 is 0 Å². The number of carbonyl (C=O) groups is 2. The standard InChI is InChI=1S/C27H28N6O4/c1-31-25(32-13-14-33-26(34)20-18-11-12-19(37-18)21(20)27(33)35)22(24(29)30)23(28)15-7-9-17(10-8-15)36-16-5-3-2-4-6-16/h2-12,18-21H,13-14,28H2,1H3,(H3,29,30)(H,31,32)/b23-22-. The fourth-order valence-corrected chi connectivity index (χ4v) is 5.02. The largest absolute Gasteiger partial charge is 0.457 e. The van der Waals surface area contributed by atoms with Crippen molar-refractivity contribution in [3.8, 4) is 11.5 Å². The molecule has 6 N–H and O–H groups in total. The van der Waals surface area contributed by atoms with Crippen LogP contribution in [0.1, 0.15) is 5.56 Å². The summed E-state index contributed by atoms with van der Waals surface area (Å²) >= 11 is 0. The van der Waals surface area contributed by atoms with Gasteiger partial charge < -0.3 is 26.3 Å². The molecule has 0 spiro atoms. The highest BCUT2D eigenvalue weighted by Crippen LogP contribution is 2.44. The van der Waals surface area contributed by atoms with Gasteiger partial charge in [-0.3, -0.25) is 24.9 Å². The third-order valence-corrected chi connectivity index (χ3v) is 6.77. The van der Waals surface area contributed by atoms with Crippen LogP contribution in [0.15, 0.2) is 77.3 Å². The molecule has 0 aliphatic carbocycles. The third kappa shape index (κ3) is 4.47. The average Bonchev–Trinajstić information content (AvgIpc) is 3.58. The SMILES string of the molecule is CN=C(NCCN1C(=O)C2C3C=CC(O3)C2C1=O)/C(C(=N)N)=C(\N)c1ccc(Oc2ccccc2)cc1. The van der Waals surface area contributed by atoms with Gasteiger partial charge >= 0.3 is 0 Å². The maximum absolute atomic E-state index is 12.9. The molecule has 190 valence electrons. The molecule has 4 atom stereocenters. The van der Waals surface area contributed by atoms with Crippen LogP contribution in [-0.2, 0) is 14.3 Å². The number of nitrogens with two attached hydrogens (primary N) is 2. The Kier molecular flexibility index (Phi) is 6.49. The Hall–Kier alpha value is -4.44. The van der Waals surface area contributed by atoms with Crippen molar-refractivity contribution in [3.63, 3.8) is 0 Å². The molecule has 2 fully saturated rings. The van der Waals surface area contributed by atoms with Crippen LogP contribution in [0.2, 0.25) is 0 Å². The summed E-state index contributed by atoms with van der Waals surface area (Å²) in [4.78, 5) is 31.2. The van der Waals surface area contributed by atoms with E-state index in [1.165, 1.54) is 4.90 Å². The summed E-state index contributed by atoms with van der Waals surface area (Å²) in [6, 6.07) is 16.5. The van der Waals surface area contributed by atoms with E-state index in [0.717, 1.165) is 0 Å². The molecule has 3 aliphatic heterocycles. The predicted molar refractivity (Wildman–Crippen MR) is 139 cm³/mol. The number of nitrogens with one attached hydrogen (secondary N) is 2. The third-order valence-electron chi connectivity index (χ3n) is 6.77. The molecular formula is C27H28N6O4. The molecule has 2 aromatic carbocycles. The molecule has 0 aromatic heterocycles. The minimum Gasteiger partial charge on any atom is -0.457 e. The average molecular weight is 501 g/mol. The second-order valence-electron chi connectivity index (χ2n) is 8.97. The van der Waals surface area contributed by atoms with Crippen molar-refractivity contribution in [1.29, 1.82) is 5.41 Å². The lowest BCUT2D eigenvalue weighted by molar-refractivity contribution is -0.142. The second-order valence-corrected chi connectivity index (χ2v) is 8.97. The maximum Gasteiger partial charge on any atom is 0.236 e. The number of amidine groups is 2. The summed E-state index contributed by atoms with van der Waals surface area (Å²) in [5, 5.41) is 11.2. The lowest BCUT2D eigenvalue weighted by Crippen LogP contribution is -2.42. The number of benzene rings is 2. The van der Waals surface area contributed by atoms with Gasteiger partial charge in [0, 0.05) is 20.1 Å². The zero-order valence-corrected chi connectivity index (χ0v) is 20.3. The van der Waals surface area contributed by atoms with E-state index < -0.39 is 11.8 Å². The van der Waals surface area contributed by atoms with Gasteiger partial charge in [0.2, 0.25) is 11.8 Å². The predicted octanol–water partition coefficient (Wildman–Crippen LogP) is 1.64. The second kappa shape index (κ2) is 9.90. The maximum atomic E-state index is 12.9. The van der Waals surface area contributed by atoms with Crippen molar-refractivity contribution in [2.75, 3.05) is 20.1 Å². The minimum atomic E-state index is -0.445. The van der Waals surface area contributed by atoms with Crippen LogP contribution in [0.4, 0.5) is 0 Å². The monoisotopic (exact) mass is 500 g/mol. The van der Waals surface area contributed by atoms with Crippen LogP contribution in [0, 0.1) is 17.2 Å². The van der Waals surface area contributed by atoms with Gasteiger partial charge in [0.15, 0.2) is 0 Å². The summed E-state index contributed by atoms with van der Waals surface area (Å²) in [7, 11) is 1.55. The quantitative estimate of drug-likeness (QED) is 0.186. The van der Waals surface area contributed by atoms with Crippen LogP contribution in [0.25, 0.3) is 5.70 Å². The zero-order valence-electron chi connectivity index (χ0n) is 20.3. The highest BCUT2D eigenvalue weighted by atomic mass is 16.5. The summed E-state index contributed by atoms with van der Waals surface area (Å²) in [5.74, 6) is 0.0394. The van der Waals surface area contributed by atoms with E-state index >= 15 is 0 Å². The van der Waals surface area contributed by atoms with Crippen molar-refractivity contribution in [3.05, 3.63) is 77.9 Å². The first kappa shape index (κ1) is 24.3. The molecule has 4 unspecified atom stereocenters. The first-order valence-electron chi connectivity index (χ1n) is 12.0. The van der Waals surface area contributed by atoms with Crippen molar-refractivity contribution in [2.24, 2.45) is 28.3 Å². The van der Waals surface area contributed by atoms with Gasteiger partial charge in [-0.15, -0.1) is 0 Å². The van der Waals surface area contributed by atoms with Gasteiger partial charge in [-0.1, -0.05) is 30.4 Å². The molecular weight excluding hydrogens is 472 g/mol. The normalized spacial score (nSPS) is 24.8. The highest BCUT2D eigenvalue weighted by Gasteiger charge is 2.60. The number of fused-ring (bicyclic) bond motifs is 5. The highest BCUT2D eigenvalue weighted by molar-refractivity contribution is 6.25. The topological polar surface area (TPSA) is 156 Å².